The van der Waals surface area contributed by atoms with Crippen LogP contribution in [0.3, 0.4) is 0 Å². The minimum Gasteiger partial charge on any atom is -0.392 e. The maximum atomic E-state index is 9.33. The van der Waals surface area contributed by atoms with Crippen molar-refractivity contribution in [1.82, 2.24) is 9.78 Å². The van der Waals surface area contributed by atoms with Crippen LogP contribution in [-0.4, -0.2) is 14.9 Å². The molecule has 0 atom stereocenters. The van der Waals surface area contributed by atoms with Crippen LogP contribution in [0.4, 0.5) is 0 Å². The number of aromatic nitrogens is 2. The van der Waals surface area contributed by atoms with Crippen LogP contribution in [0.2, 0.25) is 0 Å². The van der Waals surface area contributed by atoms with E-state index in [0.29, 0.717) is 5.92 Å². The fourth-order valence-corrected chi connectivity index (χ4v) is 2.48. The van der Waals surface area contributed by atoms with E-state index >= 15 is 0 Å². The van der Waals surface area contributed by atoms with E-state index in [1.54, 1.807) is 6.20 Å². The zero-order chi connectivity index (χ0) is 13.7. The van der Waals surface area contributed by atoms with Gasteiger partial charge in [0.25, 0.3) is 0 Å². The van der Waals surface area contributed by atoms with Crippen LogP contribution in [-0.2, 0) is 19.6 Å². The van der Waals surface area contributed by atoms with Crippen LogP contribution in [0.15, 0.2) is 36.5 Å². The highest BCUT2D eigenvalue weighted by molar-refractivity contribution is 5.20. The Labute approximate surface area is 114 Å². The molecule has 2 aromatic rings. The van der Waals surface area contributed by atoms with E-state index in [1.807, 2.05) is 10.7 Å². The van der Waals surface area contributed by atoms with Gasteiger partial charge >= 0.3 is 0 Å². The number of aliphatic hydroxyl groups excluding tert-OH is 1. The van der Waals surface area contributed by atoms with Crippen molar-refractivity contribution in [2.45, 2.75) is 45.8 Å². The molecule has 1 heterocycles. The normalized spacial score (nSPS) is 11.2. The van der Waals surface area contributed by atoms with E-state index in [0.717, 1.165) is 30.6 Å². The molecule has 0 saturated carbocycles. The number of rotatable bonds is 6. The lowest BCUT2D eigenvalue weighted by Gasteiger charge is -2.12. The second-order valence-electron chi connectivity index (χ2n) is 5.18. The van der Waals surface area contributed by atoms with Gasteiger partial charge in [-0.1, -0.05) is 44.2 Å². The van der Waals surface area contributed by atoms with Gasteiger partial charge in [-0.05, 0) is 24.3 Å². The molecule has 0 bridgehead atoms. The minimum atomic E-state index is 0.0756. The fraction of sp³-hybridized carbons (Fsp3) is 0.438. The molecule has 0 aliphatic heterocycles. The molecule has 1 N–H and O–H groups in total. The largest absolute Gasteiger partial charge is 0.392 e. The van der Waals surface area contributed by atoms with Crippen LogP contribution < -0.4 is 0 Å². The molecule has 3 heteroatoms. The van der Waals surface area contributed by atoms with Crippen molar-refractivity contribution < 1.29 is 5.11 Å². The standard InChI is InChI=1S/C16H22N2O/c1-13(2)16-15(12-19)11-17-18(16)10-6-9-14-7-4-3-5-8-14/h3-5,7-8,11,13,19H,6,9-10,12H2,1-2H3. The molecule has 0 amide bonds. The van der Waals surface area contributed by atoms with Crippen molar-refractivity contribution >= 4 is 0 Å². The van der Waals surface area contributed by atoms with Gasteiger partial charge in [-0.15, -0.1) is 0 Å². The quantitative estimate of drug-likeness (QED) is 0.864. The maximum absolute atomic E-state index is 9.33. The van der Waals surface area contributed by atoms with E-state index < -0.39 is 0 Å². The van der Waals surface area contributed by atoms with Crippen molar-refractivity contribution in [3.63, 3.8) is 0 Å². The average molecular weight is 258 g/mol. The number of benzene rings is 1. The Morgan fingerprint density at radius 3 is 2.58 bits per heavy atom. The summed E-state index contributed by atoms with van der Waals surface area (Å²) in [6.45, 7) is 5.27. The molecule has 102 valence electrons. The molecule has 0 spiro atoms. The lowest BCUT2D eigenvalue weighted by molar-refractivity contribution is 0.279. The Kier molecular flexibility index (Phi) is 4.74. The van der Waals surface area contributed by atoms with Gasteiger partial charge in [-0.2, -0.15) is 5.10 Å². The van der Waals surface area contributed by atoms with E-state index in [-0.39, 0.29) is 6.61 Å². The summed E-state index contributed by atoms with van der Waals surface area (Å²) in [6.07, 6.45) is 3.92. The minimum absolute atomic E-state index is 0.0756. The molecule has 0 unspecified atom stereocenters. The van der Waals surface area contributed by atoms with Crippen LogP contribution in [0.5, 0.6) is 0 Å². The molecule has 19 heavy (non-hydrogen) atoms. The van der Waals surface area contributed by atoms with Crippen LogP contribution >= 0.6 is 0 Å². The molecule has 2 rings (SSSR count). The number of aliphatic hydroxyl groups is 1. The summed E-state index contributed by atoms with van der Waals surface area (Å²) >= 11 is 0. The van der Waals surface area contributed by atoms with E-state index in [1.165, 1.54) is 5.56 Å². The summed E-state index contributed by atoms with van der Waals surface area (Å²) in [5.74, 6) is 0.390. The Bertz CT molecular complexity index is 503. The Morgan fingerprint density at radius 1 is 1.21 bits per heavy atom. The van der Waals surface area contributed by atoms with E-state index in [2.05, 4.69) is 43.2 Å². The van der Waals surface area contributed by atoms with Gasteiger partial charge in [0.1, 0.15) is 0 Å². The van der Waals surface area contributed by atoms with Gasteiger partial charge in [-0.25, -0.2) is 0 Å². The van der Waals surface area contributed by atoms with Gasteiger partial charge in [-0.3, -0.25) is 4.68 Å². The third-order valence-corrected chi connectivity index (χ3v) is 3.36. The van der Waals surface area contributed by atoms with Crippen molar-refractivity contribution in [2.24, 2.45) is 0 Å². The van der Waals surface area contributed by atoms with Gasteiger partial charge in [0.15, 0.2) is 0 Å². The predicted molar refractivity (Wildman–Crippen MR) is 77.0 cm³/mol. The highest BCUT2D eigenvalue weighted by Gasteiger charge is 2.13. The monoisotopic (exact) mass is 258 g/mol. The summed E-state index contributed by atoms with van der Waals surface area (Å²) in [5.41, 5.74) is 3.48. The molecule has 0 aliphatic carbocycles. The summed E-state index contributed by atoms with van der Waals surface area (Å²) in [6, 6.07) is 10.5. The number of aryl methyl sites for hydroxylation is 2. The lowest BCUT2D eigenvalue weighted by Crippen LogP contribution is -2.08. The molecule has 3 nitrogen and oxygen atoms in total. The van der Waals surface area contributed by atoms with Gasteiger partial charge in [0, 0.05) is 17.8 Å². The van der Waals surface area contributed by atoms with Crippen molar-refractivity contribution in [2.75, 3.05) is 0 Å². The third kappa shape index (κ3) is 3.44. The second kappa shape index (κ2) is 6.53. The first-order valence-electron chi connectivity index (χ1n) is 6.91. The first-order valence-corrected chi connectivity index (χ1v) is 6.91. The first-order chi connectivity index (χ1) is 9.22. The number of hydrogen-bond donors (Lipinski definition) is 1. The smallest absolute Gasteiger partial charge is 0.0715 e. The molecule has 0 saturated heterocycles. The molecule has 0 aliphatic rings. The van der Waals surface area contributed by atoms with Gasteiger partial charge in [0.2, 0.25) is 0 Å². The SMILES string of the molecule is CC(C)c1c(CO)cnn1CCCc1ccccc1. The zero-order valence-electron chi connectivity index (χ0n) is 11.7. The van der Waals surface area contributed by atoms with Crippen LogP contribution in [0.1, 0.15) is 43.0 Å². The van der Waals surface area contributed by atoms with E-state index in [9.17, 15) is 5.11 Å². The predicted octanol–water partition coefficient (Wildman–Crippen LogP) is 3.13. The van der Waals surface area contributed by atoms with Gasteiger partial charge in [0.05, 0.1) is 12.8 Å². The van der Waals surface area contributed by atoms with E-state index in [4.69, 9.17) is 0 Å². The summed E-state index contributed by atoms with van der Waals surface area (Å²) < 4.78 is 2.04. The van der Waals surface area contributed by atoms with Crippen molar-refractivity contribution in [3.8, 4) is 0 Å². The zero-order valence-corrected chi connectivity index (χ0v) is 11.7. The topological polar surface area (TPSA) is 38.1 Å². The molecular formula is C16H22N2O. The van der Waals surface area contributed by atoms with Crippen molar-refractivity contribution in [1.29, 1.82) is 0 Å². The summed E-state index contributed by atoms with van der Waals surface area (Å²) in [7, 11) is 0. The Balaban J connectivity index is 1.98. The molecule has 1 aromatic carbocycles. The summed E-state index contributed by atoms with van der Waals surface area (Å²) in [5, 5.41) is 13.7. The molecule has 0 fully saturated rings. The Hall–Kier alpha value is -1.61. The average Bonchev–Trinajstić information content (AvgIpc) is 2.83. The van der Waals surface area contributed by atoms with Gasteiger partial charge < -0.3 is 5.11 Å². The fourth-order valence-electron chi connectivity index (χ4n) is 2.48. The number of hydrogen-bond acceptors (Lipinski definition) is 2. The molecule has 0 radical (unpaired) electrons. The molecular weight excluding hydrogens is 236 g/mol. The maximum Gasteiger partial charge on any atom is 0.0715 e. The highest BCUT2D eigenvalue weighted by atomic mass is 16.3. The van der Waals surface area contributed by atoms with Crippen LogP contribution in [0.25, 0.3) is 0 Å². The summed E-state index contributed by atoms with van der Waals surface area (Å²) in [4.78, 5) is 0. The lowest BCUT2D eigenvalue weighted by atomic mass is 10.1. The second-order valence-corrected chi connectivity index (χ2v) is 5.18. The first kappa shape index (κ1) is 13.8. The Morgan fingerprint density at radius 2 is 1.95 bits per heavy atom. The van der Waals surface area contributed by atoms with Crippen molar-refractivity contribution in [3.05, 3.63) is 53.3 Å². The highest BCUT2D eigenvalue weighted by Crippen LogP contribution is 2.20. The van der Waals surface area contributed by atoms with Crippen LogP contribution in [0, 0.1) is 0 Å². The third-order valence-electron chi connectivity index (χ3n) is 3.36. The number of nitrogens with zero attached hydrogens (tertiary/aromatic N) is 2. The molecule has 1 aromatic heterocycles.